The molecule has 5 heteroatoms. The first-order valence-electron chi connectivity index (χ1n) is 6.13. The van der Waals surface area contributed by atoms with Gasteiger partial charge in [-0.25, -0.2) is 9.97 Å². The van der Waals surface area contributed by atoms with E-state index in [1.54, 1.807) is 0 Å². The third-order valence-corrected chi connectivity index (χ3v) is 3.34. The van der Waals surface area contributed by atoms with Crippen LogP contribution in [0.2, 0.25) is 0 Å². The maximum absolute atomic E-state index is 5.54. The smallest absolute Gasteiger partial charge is 0.225 e. The van der Waals surface area contributed by atoms with Crippen LogP contribution in [-0.2, 0) is 6.54 Å². The van der Waals surface area contributed by atoms with Crippen LogP contribution in [0.25, 0.3) is 0 Å². The number of piperidine rings is 1. The first-order valence-corrected chi connectivity index (χ1v) is 6.13. The summed E-state index contributed by atoms with van der Waals surface area (Å²) in [5, 5.41) is 0. The van der Waals surface area contributed by atoms with Crippen LogP contribution >= 0.6 is 0 Å². The van der Waals surface area contributed by atoms with Gasteiger partial charge >= 0.3 is 0 Å². The largest absolute Gasteiger partial charge is 0.339 e. The molecule has 1 aromatic rings. The Labute approximate surface area is 103 Å². The van der Waals surface area contributed by atoms with Gasteiger partial charge in [0.2, 0.25) is 5.95 Å². The van der Waals surface area contributed by atoms with Gasteiger partial charge in [0.1, 0.15) is 0 Å². The summed E-state index contributed by atoms with van der Waals surface area (Å²) in [7, 11) is 4.26. The number of hydrogen-bond acceptors (Lipinski definition) is 5. The second-order valence-electron chi connectivity index (χ2n) is 4.80. The number of rotatable bonds is 3. The Morgan fingerprint density at radius 1 is 1.41 bits per heavy atom. The van der Waals surface area contributed by atoms with Gasteiger partial charge in [-0.2, -0.15) is 0 Å². The Bertz CT molecular complexity index is 348. The first-order chi connectivity index (χ1) is 8.20. The van der Waals surface area contributed by atoms with Gasteiger partial charge < -0.3 is 15.5 Å². The third-order valence-electron chi connectivity index (χ3n) is 3.34. The number of nitrogens with zero attached hydrogens (tertiary/aromatic N) is 4. The zero-order chi connectivity index (χ0) is 12.3. The quantitative estimate of drug-likeness (QED) is 0.825. The number of nitrogens with two attached hydrogens (primary N) is 1. The molecule has 0 aromatic carbocycles. The van der Waals surface area contributed by atoms with Crippen LogP contribution in [0.1, 0.15) is 18.4 Å². The van der Waals surface area contributed by atoms with Gasteiger partial charge in [0.25, 0.3) is 0 Å². The number of likely N-dealkylation sites (N-methyl/N-ethyl adjacent to an activating group) is 1. The van der Waals surface area contributed by atoms with Crippen molar-refractivity contribution in [1.82, 2.24) is 14.9 Å². The second kappa shape index (κ2) is 5.42. The van der Waals surface area contributed by atoms with Gasteiger partial charge in [-0.1, -0.05) is 0 Å². The van der Waals surface area contributed by atoms with E-state index in [2.05, 4.69) is 33.9 Å². The van der Waals surface area contributed by atoms with E-state index in [1.807, 2.05) is 12.4 Å². The van der Waals surface area contributed by atoms with Gasteiger partial charge in [0.15, 0.2) is 0 Å². The molecule has 1 unspecified atom stereocenters. The molecule has 0 aliphatic carbocycles. The van der Waals surface area contributed by atoms with Crippen LogP contribution in [0, 0.1) is 0 Å². The van der Waals surface area contributed by atoms with E-state index in [1.165, 1.54) is 12.8 Å². The molecule has 1 saturated heterocycles. The molecular weight excluding hydrogens is 214 g/mol. The van der Waals surface area contributed by atoms with Crippen LogP contribution < -0.4 is 10.6 Å². The second-order valence-corrected chi connectivity index (χ2v) is 4.80. The molecule has 1 atom stereocenters. The lowest BCUT2D eigenvalue weighted by Crippen LogP contribution is -2.45. The Morgan fingerprint density at radius 2 is 2.12 bits per heavy atom. The minimum atomic E-state index is 0.501. The normalized spacial score (nSPS) is 20.9. The Hall–Kier alpha value is -1.20. The highest BCUT2D eigenvalue weighted by atomic mass is 15.3. The van der Waals surface area contributed by atoms with Crippen molar-refractivity contribution in [3.63, 3.8) is 0 Å². The lowest BCUT2D eigenvalue weighted by Gasteiger charge is -2.36. The molecule has 2 N–H and O–H groups in total. The summed E-state index contributed by atoms with van der Waals surface area (Å²) in [4.78, 5) is 13.3. The van der Waals surface area contributed by atoms with Crippen LogP contribution in [-0.4, -0.2) is 48.1 Å². The molecule has 0 radical (unpaired) electrons. The standard InChI is InChI=1S/C12H21N5/c1-16(2)11-4-3-5-17(9-11)12-14-7-10(6-13)8-15-12/h7-8,11H,3-6,9,13H2,1-2H3. The van der Waals surface area contributed by atoms with Crippen molar-refractivity contribution in [3.05, 3.63) is 18.0 Å². The van der Waals surface area contributed by atoms with Crippen molar-refractivity contribution < 1.29 is 0 Å². The van der Waals surface area contributed by atoms with Crippen LogP contribution in [0.15, 0.2) is 12.4 Å². The van der Waals surface area contributed by atoms with Crippen LogP contribution in [0.3, 0.4) is 0 Å². The average molecular weight is 235 g/mol. The van der Waals surface area contributed by atoms with E-state index in [9.17, 15) is 0 Å². The average Bonchev–Trinajstić information content (AvgIpc) is 2.39. The zero-order valence-electron chi connectivity index (χ0n) is 10.6. The highest BCUT2D eigenvalue weighted by Gasteiger charge is 2.22. The summed E-state index contributed by atoms with van der Waals surface area (Å²) in [5.41, 5.74) is 6.52. The van der Waals surface area contributed by atoms with Crippen molar-refractivity contribution >= 4 is 5.95 Å². The number of aromatic nitrogens is 2. The molecule has 17 heavy (non-hydrogen) atoms. The van der Waals surface area contributed by atoms with Gasteiger partial charge in [-0.15, -0.1) is 0 Å². The first kappa shape index (κ1) is 12.3. The molecule has 0 spiro atoms. The molecule has 2 heterocycles. The van der Waals surface area contributed by atoms with E-state index in [0.717, 1.165) is 24.6 Å². The highest BCUT2D eigenvalue weighted by Crippen LogP contribution is 2.17. The zero-order valence-corrected chi connectivity index (χ0v) is 10.6. The molecule has 2 rings (SSSR count). The van der Waals surface area contributed by atoms with Gasteiger partial charge in [0, 0.05) is 43.6 Å². The molecule has 1 aromatic heterocycles. The lowest BCUT2D eigenvalue weighted by atomic mass is 10.1. The molecule has 1 fully saturated rings. The monoisotopic (exact) mass is 235 g/mol. The van der Waals surface area contributed by atoms with Crippen molar-refractivity contribution in [2.24, 2.45) is 5.73 Å². The summed E-state index contributed by atoms with van der Waals surface area (Å²) in [6.07, 6.45) is 6.10. The molecule has 1 aliphatic heterocycles. The number of hydrogen-bond donors (Lipinski definition) is 1. The van der Waals surface area contributed by atoms with E-state index >= 15 is 0 Å². The minimum Gasteiger partial charge on any atom is -0.339 e. The van der Waals surface area contributed by atoms with E-state index in [0.29, 0.717) is 12.6 Å². The van der Waals surface area contributed by atoms with Gasteiger partial charge in [-0.05, 0) is 26.9 Å². The fraction of sp³-hybridized carbons (Fsp3) is 0.667. The fourth-order valence-corrected chi connectivity index (χ4v) is 2.17. The Kier molecular flexibility index (Phi) is 3.91. The fourth-order valence-electron chi connectivity index (χ4n) is 2.17. The molecule has 1 aliphatic rings. The van der Waals surface area contributed by atoms with E-state index in [-0.39, 0.29) is 0 Å². The molecule has 0 saturated carbocycles. The maximum Gasteiger partial charge on any atom is 0.225 e. The minimum absolute atomic E-state index is 0.501. The lowest BCUT2D eigenvalue weighted by molar-refractivity contribution is 0.257. The number of anilines is 1. The summed E-state index contributed by atoms with van der Waals surface area (Å²) in [6.45, 7) is 2.56. The predicted octanol–water partition coefficient (Wildman–Crippen LogP) is 0.466. The van der Waals surface area contributed by atoms with E-state index < -0.39 is 0 Å². The third kappa shape index (κ3) is 2.92. The van der Waals surface area contributed by atoms with Crippen molar-refractivity contribution in [2.45, 2.75) is 25.4 Å². The molecule has 0 bridgehead atoms. The Balaban J connectivity index is 2.05. The van der Waals surface area contributed by atoms with Gasteiger partial charge in [0.05, 0.1) is 0 Å². The summed E-state index contributed by atoms with van der Waals surface area (Å²) in [6, 6.07) is 0.599. The van der Waals surface area contributed by atoms with Crippen molar-refractivity contribution in [3.8, 4) is 0 Å². The summed E-state index contributed by atoms with van der Waals surface area (Å²) < 4.78 is 0. The predicted molar refractivity (Wildman–Crippen MR) is 68.8 cm³/mol. The topological polar surface area (TPSA) is 58.3 Å². The van der Waals surface area contributed by atoms with Gasteiger partial charge in [-0.3, -0.25) is 0 Å². The summed E-state index contributed by atoms with van der Waals surface area (Å²) >= 11 is 0. The SMILES string of the molecule is CN(C)C1CCCN(c2ncc(CN)cn2)C1. The highest BCUT2D eigenvalue weighted by molar-refractivity contribution is 5.31. The maximum atomic E-state index is 5.54. The molecule has 5 nitrogen and oxygen atoms in total. The molecule has 0 amide bonds. The van der Waals surface area contributed by atoms with Crippen molar-refractivity contribution in [1.29, 1.82) is 0 Å². The van der Waals surface area contributed by atoms with Crippen molar-refractivity contribution in [2.75, 3.05) is 32.1 Å². The Morgan fingerprint density at radius 3 is 2.71 bits per heavy atom. The van der Waals surface area contributed by atoms with Crippen LogP contribution in [0.4, 0.5) is 5.95 Å². The van der Waals surface area contributed by atoms with E-state index in [4.69, 9.17) is 5.73 Å². The molecular formula is C12H21N5. The molecule has 94 valence electrons. The summed E-state index contributed by atoms with van der Waals surface area (Å²) in [5.74, 6) is 0.828. The van der Waals surface area contributed by atoms with Crippen LogP contribution in [0.5, 0.6) is 0 Å².